The number of ether oxygens (including phenoxy) is 1. The van der Waals surface area contributed by atoms with Gasteiger partial charge < -0.3 is 19.4 Å². The highest BCUT2D eigenvalue weighted by Crippen LogP contribution is 2.17. The molecule has 2 aromatic rings. The van der Waals surface area contributed by atoms with Crippen LogP contribution in [0.5, 0.6) is 5.75 Å². The molecule has 1 aliphatic heterocycles. The Labute approximate surface area is 165 Å². The highest BCUT2D eigenvalue weighted by atomic mass is 16.5. The van der Waals surface area contributed by atoms with Crippen molar-refractivity contribution < 1.29 is 18.7 Å². The molecular weight excluding hydrogens is 358 g/mol. The highest BCUT2D eigenvalue weighted by molar-refractivity contribution is 5.95. The van der Waals surface area contributed by atoms with Gasteiger partial charge in [-0.3, -0.25) is 14.5 Å². The molecule has 0 atom stereocenters. The van der Waals surface area contributed by atoms with Crippen molar-refractivity contribution in [3.05, 3.63) is 53.5 Å². The van der Waals surface area contributed by atoms with Crippen molar-refractivity contribution in [2.24, 2.45) is 0 Å². The van der Waals surface area contributed by atoms with Crippen LogP contribution in [0.2, 0.25) is 0 Å². The predicted octanol–water partition coefficient (Wildman–Crippen LogP) is 1.85. The van der Waals surface area contributed by atoms with Gasteiger partial charge in [-0.1, -0.05) is 18.2 Å². The van der Waals surface area contributed by atoms with E-state index in [1.807, 2.05) is 49.1 Å². The van der Waals surface area contributed by atoms with Crippen molar-refractivity contribution in [2.45, 2.75) is 13.8 Å². The molecule has 2 amide bonds. The van der Waals surface area contributed by atoms with E-state index < -0.39 is 0 Å². The van der Waals surface area contributed by atoms with Gasteiger partial charge in [0.05, 0.1) is 18.7 Å². The van der Waals surface area contributed by atoms with Crippen molar-refractivity contribution in [3.63, 3.8) is 0 Å². The van der Waals surface area contributed by atoms with Crippen LogP contribution < -0.4 is 10.1 Å². The molecule has 0 unspecified atom stereocenters. The second-order valence-corrected chi connectivity index (χ2v) is 6.91. The van der Waals surface area contributed by atoms with Gasteiger partial charge in [0, 0.05) is 26.2 Å². The number of nitrogens with one attached hydrogen (secondary N) is 1. The first kappa shape index (κ1) is 19.9. The third-order valence-corrected chi connectivity index (χ3v) is 4.73. The molecule has 1 saturated heterocycles. The fraction of sp³-hybridized carbons (Fsp3) is 0.429. The molecule has 1 aromatic heterocycles. The van der Waals surface area contributed by atoms with E-state index in [9.17, 15) is 9.59 Å². The average Bonchev–Trinajstić information content (AvgIpc) is 3.04. The van der Waals surface area contributed by atoms with Crippen molar-refractivity contribution in [1.29, 1.82) is 0 Å². The molecule has 150 valence electrons. The van der Waals surface area contributed by atoms with Gasteiger partial charge >= 0.3 is 0 Å². The van der Waals surface area contributed by atoms with Crippen LogP contribution in [0, 0.1) is 13.8 Å². The number of benzene rings is 1. The fourth-order valence-corrected chi connectivity index (χ4v) is 3.26. The van der Waals surface area contributed by atoms with E-state index >= 15 is 0 Å². The van der Waals surface area contributed by atoms with Crippen LogP contribution in [0.4, 0.5) is 0 Å². The molecule has 0 aliphatic carbocycles. The number of furan rings is 1. The van der Waals surface area contributed by atoms with Crippen LogP contribution in [0.3, 0.4) is 0 Å². The molecule has 1 aromatic carbocycles. The van der Waals surface area contributed by atoms with Gasteiger partial charge in [0.25, 0.3) is 5.91 Å². The van der Waals surface area contributed by atoms with Crippen molar-refractivity contribution in [1.82, 2.24) is 15.1 Å². The second-order valence-electron chi connectivity index (χ2n) is 6.91. The molecule has 1 N–H and O–H groups in total. The van der Waals surface area contributed by atoms with E-state index in [1.165, 1.54) is 0 Å². The van der Waals surface area contributed by atoms with E-state index in [-0.39, 0.29) is 11.8 Å². The fourth-order valence-electron chi connectivity index (χ4n) is 3.26. The summed E-state index contributed by atoms with van der Waals surface area (Å²) in [5.74, 6) is 2.16. The summed E-state index contributed by atoms with van der Waals surface area (Å²) in [7, 11) is 0. The molecule has 0 bridgehead atoms. The van der Waals surface area contributed by atoms with E-state index in [1.54, 1.807) is 6.07 Å². The van der Waals surface area contributed by atoms with E-state index in [0.717, 1.165) is 11.5 Å². The molecule has 0 radical (unpaired) electrons. The predicted molar refractivity (Wildman–Crippen MR) is 105 cm³/mol. The monoisotopic (exact) mass is 385 g/mol. The zero-order chi connectivity index (χ0) is 19.9. The maximum absolute atomic E-state index is 12.6. The molecule has 28 heavy (non-hydrogen) atoms. The largest absolute Gasteiger partial charge is 0.492 e. The number of carbonyl (C=O) groups excluding carboxylic acids is 2. The summed E-state index contributed by atoms with van der Waals surface area (Å²) in [5.41, 5.74) is 0.627. The minimum Gasteiger partial charge on any atom is -0.492 e. The van der Waals surface area contributed by atoms with Crippen molar-refractivity contribution >= 4 is 11.8 Å². The Bertz CT molecular complexity index is 795. The first-order chi connectivity index (χ1) is 13.5. The summed E-state index contributed by atoms with van der Waals surface area (Å²) in [6.45, 7) is 7.43. The Morgan fingerprint density at radius 2 is 1.82 bits per heavy atom. The summed E-state index contributed by atoms with van der Waals surface area (Å²) in [6.07, 6.45) is 0. The Morgan fingerprint density at radius 3 is 2.46 bits per heavy atom. The quantitative estimate of drug-likeness (QED) is 0.737. The third kappa shape index (κ3) is 5.36. The van der Waals surface area contributed by atoms with Crippen LogP contribution in [0.1, 0.15) is 21.9 Å². The molecule has 7 nitrogen and oxygen atoms in total. The van der Waals surface area contributed by atoms with Gasteiger partial charge in [-0.15, -0.1) is 0 Å². The molecular formula is C21H27N3O4. The number of hydrogen-bond acceptors (Lipinski definition) is 5. The van der Waals surface area contributed by atoms with Gasteiger partial charge in [0.15, 0.2) is 0 Å². The maximum atomic E-state index is 12.6. The Morgan fingerprint density at radius 1 is 1.11 bits per heavy atom. The molecule has 1 fully saturated rings. The van der Waals surface area contributed by atoms with Gasteiger partial charge in [-0.05, 0) is 32.0 Å². The summed E-state index contributed by atoms with van der Waals surface area (Å²) in [6, 6.07) is 11.3. The number of hydrogen-bond donors (Lipinski definition) is 1. The van der Waals surface area contributed by atoms with Crippen LogP contribution in [0.15, 0.2) is 40.8 Å². The van der Waals surface area contributed by atoms with Crippen LogP contribution in [0.25, 0.3) is 0 Å². The van der Waals surface area contributed by atoms with Crippen LogP contribution in [-0.4, -0.2) is 67.5 Å². The van der Waals surface area contributed by atoms with Gasteiger partial charge in [-0.2, -0.15) is 0 Å². The molecule has 1 aliphatic rings. The lowest BCUT2D eigenvalue weighted by Crippen LogP contribution is -2.51. The number of amides is 2. The van der Waals surface area contributed by atoms with Gasteiger partial charge in [0.1, 0.15) is 23.9 Å². The molecule has 3 rings (SSSR count). The smallest absolute Gasteiger partial charge is 0.257 e. The zero-order valence-corrected chi connectivity index (χ0v) is 16.4. The molecule has 0 saturated carbocycles. The number of para-hydroxylation sites is 1. The summed E-state index contributed by atoms with van der Waals surface area (Å²) >= 11 is 0. The first-order valence-corrected chi connectivity index (χ1v) is 9.56. The number of carbonyl (C=O) groups is 2. The molecule has 7 heteroatoms. The van der Waals surface area contributed by atoms with Gasteiger partial charge in [0.2, 0.25) is 5.91 Å². The Balaban J connectivity index is 1.35. The standard InChI is InChI=1S/C21H27N3O4/c1-16-14-19(17(2)28-16)21(26)24-11-9-23(10-12-24)15-20(25)22-8-13-27-18-6-4-3-5-7-18/h3-7,14H,8-13,15H2,1-2H3,(H,22,25). The normalized spacial score (nSPS) is 14.7. The number of piperazine rings is 1. The lowest BCUT2D eigenvalue weighted by molar-refractivity contribution is -0.122. The summed E-state index contributed by atoms with van der Waals surface area (Å²) < 4.78 is 11.0. The summed E-state index contributed by atoms with van der Waals surface area (Å²) in [4.78, 5) is 28.6. The van der Waals surface area contributed by atoms with Crippen LogP contribution >= 0.6 is 0 Å². The number of aryl methyl sites for hydroxylation is 2. The number of nitrogens with zero attached hydrogens (tertiary/aromatic N) is 2. The van der Waals surface area contributed by atoms with Crippen molar-refractivity contribution in [2.75, 3.05) is 45.9 Å². The Hall–Kier alpha value is -2.80. The number of rotatable bonds is 7. The van der Waals surface area contributed by atoms with Crippen LogP contribution in [-0.2, 0) is 4.79 Å². The van der Waals surface area contributed by atoms with Gasteiger partial charge in [-0.25, -0.2) is 0 Å². The zero-order valence-electron chi connectivity index (χ0n) is 16.4. The van der Waals surface area contributed by atoms with E-state index in [4.69, 9.17) is 9.15 Å². The lowest BCUT2D eigenvalue weighted by Gasteiger charge is -2.34. The topological polar surface area (TPSA) is 75.0 Å². The minimum absolute atomic E-state index is 0.00323. The Kier molecular flexibility index (Phi) is 6.71. The molecule has 0 spiro atoms. The second kappa shape index (κ2) is 9.41. The highest BCUT2D eigenvalue weighted by Gasteiger charge is 2.25. The third-order valence-electron chi connectivity index (χ3n) is 4.73. The first-order valence-electron chi connectivity index (χ1n) is 9.56. The molecule has 2 heterocycles. The maximum Gasteiger partial charge on any atom is 0.257 e. The lowest BCUT2D eigenvalue weighted by atomic mass is 10.2. The average molecular weight is 385 g/mol. The van der Waals surface area contributed by atoms with E-state index in [0.29, 0.717) is 57.2 Å². The SMILES string of the molecule is Cc1cc(C(=O)N2CCN(CC(=O)NCCOc3ccccc3)CC2)c(C)o1. The summed E-state index contributed by atoms with van der Waals surface area (Å²) in [5, 5.41) is 2.87. The van der Waals surface area contributed by atoms with Crippen molar-refractivity contribution in [3.8, 4) is 5.75 Å². The minimum atomic E-state index is -0.0299. The van der Waals surface area contributed by atoms with E-state index in [2.05, 4.69) is 10.2 Å².